The molecular weight excluding hydrogens is 492 g/mol. The van der Waals surface area contributed by atoms with E-state index < -0.39 is 18.3 Å². The van der Waals surface area contributed by atoms with Crippen LogP contribution in [0.25, 0.3) is 16.9 Å². The Morgan fingerprint density at radius 2 is 1.84 bits per heavy atom. The highest BCUT2D eigenvalue weighted by Crippen LogP contribution is 2.22. The summed E-state index contributed by atoms with van der Waals surface area (Å²) >= 11 is 5.97. The fraction of sp³-hybridized carbons (Fsp3) is 0.259. The molecule has 0 saturated carbocycles. The first-order valence-electron chi connectivity index (χ1n) is 12.1. The fourth-order valence-corrected chi connectivity index (χ4v) is 4.45. The lowest BCUT2D eigenvalue weighted by Gasteiger charge is -2.22. The summed E-state index contributed by atoms with van der Waals surface area (Å²) in [6.07, 6.45) is 4.64. The number of β-amino-alcohol motifs (C(OH)–C–C–N with tert-alkyl or cyclic N) is 1. The predicted molar refractivity (Wildman–Crippen MR) is 140 cm³/mol. The Kier molecular flexibility index (Phi) is 7.74. The molecule has 0 spiro atoms. The molecule has 4 aromatic rings. The summed E-state index contributed by atoms with van der Waals surface area (Å²) in [7, 11) is 0. The van der Waals surface area contributed by atoms with Crippen LogP contribution < -0.4 is 10.6 Å². The molecule has 1 amide bonds. The zero-order chi connectivity index (χ0) is 25.6. The first-order chi connectivity index (χ1) is 18.0. The summed E-state index contributed by atoms with van der Waals surface area (Å²) in [5.41, 5.74) is 4.68. The van der Waals surface area contributed by atoms with Crippen LogP contribution in [0, 0.1) is 0 Å². The summed E-state index contributed by atoms with van der Waals surface area (Å²) in [5.74, 6) is 0. The quantitative estimate of drug-likeness (QED) is 0.328. The minimum Gasteiger partial charge on any atom is -0.442 e. The van der Waals surface area contributed by atoms with Crippen molar-refractivity contribution in [2.75, 3.05) is 13.1 Å². The van der Waals surface area contributed by atoms with E-state index in [1.54, 1.807) is 17.1 Å². The molecule has 37 heavy (non-hydrogen) atoms. The molecule has 3 N–H and O–H groups in total. The maximum absolute atomic E-state index is 12.3. The van der Waals surface area contributed by atoms with E-state index in [2.05, 4.69) is 25.9 Å². The van der Waals surface area contributed by atoms with Crippen molar-refractivity contribution in [2.45, 2.75) is 31.1 Å². The monoisotopic (exact) mass is 518 g/mol. The smallest absolute Gasteiger partial charge is 0.407 e. The van der Waals surface area contributed by atoms with Crippen molar-refractivity contribution in [2.24, 2.45) is 0 Å². The van der Waals surface area contributed by atoms with E-state index in [9.17, 15) is 9.90 Å². The van der Waals surface area contributed by atoms with E-state index >= 15 is 0 Å². The number of amides is 1. The van der Waals surface area contributed by atoms with Crippen LogP contribution in [0.1, 0.15) is 11.1 Å². The average Bonchev–Trinajstić information content (AvgIpc) is 3.54. The van der Waals surface area contributed by atoms with E-state index in [-0.39, 0.29) is 6.04 Å². The largest absolute Gasteiger partial charge is 0.442 e. The number of pyridine rings is 1. The number of rotatable bonds is 8. The molecule has 10 heteroatoms. The molecule has 2 aromatic carbocycles. The number of alkyl carbamates (subject to hydrolysis) is 1. The number of hydrogen-bond donors (Lipinski definition) is 3. The Morgan fingerprint density at radius 1 is 1.08 bits per heavy atom. The second-order valence-electron chi connectivity index (χ2n) is 8.91. The number of carbonyl (C=O) groups excluding carboxylic acids is 1. The second kappa shape index (κ2) is 11.5. The van der Waals surface area contributed by atoms with Crippen molar-refractivity contribution < 1.29 is 14.6 Å². The maximum Gasteiger partial charge on any atom is 0.407 e. The third-order valence-corrected chi connectivity index (χ3v) is 6.58. The maximum atomic E-state index is 12.3. The first-order valence-corrected chi connectivity index (χ1v) is 12.5. The van der Waals surface area contributed by atoms with Crippen molar-refractivity contribution in [3.05, 3.63) is 95.4 Å². The van der Waals surface area contributed by atoms with Gasteiger partial charge >= 0.3 is 6.09 Å². The van der Waals surface area contributed by atoms with Crippen molar-refractivity contribution in [3.63, 3.8) is 0 Å². The number of aliphatic hydroxyl groups is 1. The molecule has 1 aliphatic rings. The van der Waals surface area contributed by atoms with Gasteiger partial charge in [0.15, 0.2) is 0 Å². The fourth-order valence-electron chi connectivity index (χ4n) is 4.33. The summed E-state index contributed by atoms with van der Waals surface area (Å²) in [6.45, 7) is 0.805. The van der Waals surface area contributed by atoms with E-state index in [4.69, 9.17) is 16.3 Å². The normalized spacial score (nSPS) is 19.0. The summed E-state index contributed by atoms with van der Waals surface area (Å²) in [5, 5.41) is 25.6. The predicted octanol–water partition coefficient (Wildman–Crippen LogP) is 3.20. The van der Waals surface area contributed by atoms with Crippen LogP contribution in [-0.2, 0) is 17.6 Å². The van der Waals surface area contributed by atoms with Crippen molar-refractivity contribution in [1.29, 1.82) is 0 Å². The molecule has 0 bridgehead atoms. The van der Waals surface area contributed by atoms with Crippen molar-refractivity contribution >= 4 is 17.7 Å². The Hall–Kier alpha value is -3.79. The number of benzene rings is 2. The molecule has 2 aromatic heterocycles. The molecule has 1 aliphatic heterocycles. The van der Waals surface area contributed by atoms with Crippen LogP contribution in [0.4, 0.5) is 4.79 Å². The standard InChI is InChI=1S/C27H27ClN6O3/c28-21-5-7-22(8-6-21)34-17-24(32-33-34)20-3-1-19(2-4-20)15-23-26(25(35)16-31-23)37-27(36)30-14-11-18-9-12-29-13-10-18/h1-10,12-13,17,23,25-26,31,35H,11,14-16H2,(H,30,36)/t23-,25+,26+/m1/s1. The highest BCUT2D eigenvalue weighted by molar-refractivity contribution is 6.30. The molecule has 0 aliphatic carbocycles. The molecule has 3 atom stereocenters. The topological polar surface area (TPSA) is 114 Å². The minimum atomic E-state index is -0.766. The van der Waals surface area contributed by atoms with Gasteiger partial charge in [0.1, 0.15) is 17.9 Å². The number of halogens is 1. The van der Waals surface area contributed by atoms with Gasteiger partial charge in [-0.15, -0.1) is 5.10 Å². The Balaban J connectivity index is 1.16. The third-order valence-electron chi connectivity index (χ3n) is 6.33. The average molecular weight is 519 g/mol. The van der Waals surface area contributed by atoms with Gasteiger partial charge in [0.05, 0.1) is 17.9 Å². The second-order valence-corrected chi connectivity index (χ2v) is 9.35. The summed E-state index contributed by atoms with van der Waals surface area (Å²) in [4.78, 5) is 16.3. The minimum absolute atomic E-state index is 0.197. The van der Waals surface area contributed by atoms with Crippen LogP contribution in [0.3, 0.4) is 0 Å². The van der Waals surface area contributed by atoms with Gasteiger partial charge in [-0.05, 0) is 60.4 Å². The molecule has 1 saturated heterocycles. The van der Waals surface area contributed by atoms with Crippen LogP contribution in [0.15, 0.2) is 79.3 Å². The van der Waals surface area contributed by atoms with Crippen molar-refractivity contribution in [3.8, 4) is 16.9 Å². The van der Waals surface area contributed by atoms with Crippen LogP contribution in [0.5, 0.6) is 0 Å². The lowest BCUT2D eigenvalue weighted by molar-refractivity contribution is 0.0191. The van der Waals surface area contributed by atoms with Crippen LogP contribution >= 0.6 is 11.6 Å². The Bertz CT molecular complexity index is 1310. The van der Waals surface area contributed by atoms with Gasteiger partial charge < -0.3 is 20.5 Å². The van der Waals surface area contributed by atoms with Gasteiger partial charge in [-0.1, -0.05) is 41.1 Å². The van der Waals surface area contributed by atoms with Gasteiger partial charge in [-0.25, -0.2) is 9.48 Å². The number of nitrogens with zero attached hydrogens (tertiary/aromatic N) is 4. The van der Waals surface area contributed by atoms with Gasteiger partial charge in [-0.2, -0.15) is 0 Å². The van der Waals surface area contributed by atoms with Gasteiger partial charge in [0.2, 0.25) is 0 Å². The Labute approximate surface area is 219 Å². The number of hydrogen-bond acceptors (Lipinski definition) is 7. The number of aliphatic hydroxyl groups excluding tert-OH is 1. The molecule has 3 heterocycles. The molecule has 5 rings (SSSR count). The van der Waals surface area contributed by atoms with E-state index in [0.29, 0.717) is 31.0 Å². The lowest BCUT2D eigenvalue weighted by Crippen LogP contribution is -2.41. The van der Waals surface area contributed by atoms with E-state index in [1.165, 1.54) is 0 Å². The van der Waals surface area contributed by atoms with Crippen LogP contribution in [0.2, 0.25) is 5.02 Å². The molecule has 0 radical (unpaired) electrons. The zero-order valence-corrected chi connectivity index (χ0v) is 20.8. The third kappa shape index (κ3) is 6.32. The van der Waals surface area contributed by atoms with E-state index in [1.807, 2.05) is 66.9 Å². The number of aromatic nitrogens is 4. The molecular formula is C27H27ClN6O3. The highest BCUT2D eigenvalue weighted by Gasteiger charge is 2.37. The zero-order valence-electron chi connectivity index (χ0n) is 20.0. The van der Waals surface area contributed by atoms with Gasteiger partial charge in [-0.3, -0.25) is 4.98 Å². The first kappa shape index (κ1) is 24.9. The van der Waals surface area contributed by atoms with Gasteiger partial charge in [0.25, 0.3) is 0 Å². The summed E-state index contributed by atoms with van der Waals surface area (Å²) < 4.78 is 7.29. The Morgan fingerprint density at radius 3 is 2.59 bits per heavy atom. The van der Waals surface area contributed by atoms with Gasteiger partial charge in [0, 0.05) is 36.1 Å². The number of carbonyl (C=O) groups is 1. The number of ether oxygens (including phenoxy) is 1. The SMILES string of the molecule is O=C(NCCc1ccncc1)O[C@@H]1[C@@H](O)CN[C@@H]1Cc1ccc(-c2cn(-c3ccc(Cl)cc3)nn2)cc1. The molecule has 1 fully saturated rings. The van der Waals surface area contributed by atoms with Crippen molar-refractivity contribution in [1.82, 2.24) is 30.6 Å². The molecule has 190 valence electrons. The van der Waals surface area contributed by atoms with E-state index in [0.717, 1.165) is 28.1 Å². The highest BCUT2D eigenvalue weighted by atomic mass is 35.5. The molecule has 0 unspecified atom stereocenters. The van der Waals surface area contributed by atoms with Crippen LogP contribution in [-0.4, -0.2) is 62.5 Å². The number of nitrogens with one attached hydrogen (secondary N) is 2. The summed E-state index contributed by atoms with van der Waals surface area (Å²) in [6, 6.07) is 19.0. The molecule has 9 nitrogen and oxygen atoms in total. The lowest BCUT2D eigenvalue weighted by atomic mass is 10.00.